The Labute approximate surface area is 115 Å². The van der Waals surface area contributed by atoms with Crippen LogP contribution in [0.3, 0.4) is 0 Å². The summed E-state index contributed by atoms with van der Waals surface area (Å²) in [6.45, 7) is 0.237. The molecular formula is C10H14N4O4S. The minimum absolute atomic E-state index is 0.0339. The molecule has 0 unspecified atom stereocenters. The average Bonchev–Trinajstić information content (AvgIpc) is 2.32. The van der Waals surface area contributed by atoms with Crippen molar-refractivity contribution >= 4 is 41.3 Å². The zero-order valence-corrected chi connectivity index (χ0v) is 11.1. The van der Waals surface area contributed by atoms with E-state index in [2.05, 4.69) is 10.3 Å². The van der Waals surface area contributed by atoms with Gasteiger partial charge in [-0.25, -0.2) is 0 Å². The van der Waals surface area contributed by atoms with E-state index in [9.17, 15) is 14.4 Å². The first kappa shape index (κ1) is 15.2. The van der Waals surface area contributed by atoms with E-state index < -0.39 is 23.6 Å². The minimum Gasteiger partial charge on any atom is -0.383 e. The lowest BCUT2D eigenvalue weighted by Gasteiger charge is -2.30. The van der Waals surface area contributed by atoms with Gasteiger partial charge in [0.2, 0.25) is 17.7 Å². The number of aliphatic imine (C=N–C) groups is 1. The summed E-state index contributed by atoms with van der Waals surface area (Å²) in [7, 11) is 1.49. The number of ether oxygens (including phenoxy) is 1. The highest BCUT2D eigenvalue weighted by atomic mass is 32.1. The molecule has 104 valence electrons. The van der Waals surface area contributed by atoms with Crippen LogP contribution < -0.4 is 11.1 Å². The van der Waals surface area contributed by atoms with Gasteiger partial charge in [-0.05, 0) is 12.2 Å². The van der Waals surface area contributed by atoms with Crippen LogP contribution in [0.2, 0.25) is 0 Å². The Morgan fingerprint density at radius 1 is 1.63 bits per heavy atom. The fourth-order valence-electron chi connectivity index (χ4n) is 1.40. The first-order valence-corrected chi connectivity index (χ1v) is 5.81. The van der Waals surface area contributed by atoms with Gasteiger partial charge in [0.25, 0.3) is 0 Å². The number of amides is 3. The van der Waals surface area contributed by atoms with Gasteiger partial charge in [0, 0.05) is 13.3 Å². The van der Waals surface area contributed by atoms with Crippen molar-refractivity contribution in [3.8, 4) is 0 Å². The van der Waals surface area contributed by atoms with Crippen LogP contribution in [0.25, 0.3) is 0 Å². The van der Waals surface area contributed by atoms with Gasteiger partial charge >= 0.3 is 0 Å². The Morgan fingerprint density at radius 3 is 2.89 bits per heavy atom. The molecule has 1 rings (SSSR count). The van der Waals surface area contributed by atoms with Crippen molar-refractivity contribution in [3.63, 3.8) is 0 Å². The second kappa shape index (κ2) is 6.90. The molecule has 1 saturated heterocycles. The molecule has 1 heterocycles. The van der Waals surface area contributed by atoms with Crippen LogP contribution >= 0.6 is 12.2 Å². The lowest BCUT2D eigenvalue weighted by atomic mass is 10.1. The molecule has 0 aromatic carbocycles. The molecule has 19 heavy (non-hydrogen) atoms. The number of carbonyl (C=O) groups is 3. The monoisotopic (exact) mass is 286 g/mol. The third kappa shape index (κ3) is 4.07. The van der Waals surface area contributed by atoms with Crippen molar-refractivity contribution in [2.45, 2.75) is 0 Å². The Kier molecular flexibility index (Phi) is 5.52. The molecule has 1 aliphatic heterocycles. The number of primary amides is 1. The lowest BCUT2D eigenvalue weighted by Crippen LogP contribution is -2.58. The smallest absolute Gasteiger partial charge is 0.246 e. The van der Waals surface area contributed by atoms with E-state index in [0.717, 1.165) is 6.21 Å². The van der Waals surface area contributed by atoms with Gasteiger partial charge < -0.3 is 15.8 Å². The summed E-state index contributed by atoms with van der Waals surface area (Å²) < 4.78 is 4.85. The van der Waals surface area contributed by atoms with Crippen molar-refractivity contribution in [1.82, 2.24) is 10.2 Å². The zero-order valence-electron chi connectivity index (χ0n) is 10.3. The highest BCUT2D eigenvalue weighted by Gasteiger charge is 2.37. The van der Waals surface area contributed by atoms with Crippen LogP contribution in [0, 0.1) is 5.92 Å². The Balaban J connectivity index is 2.77. The molecule has 0 aromatic rings. The maximum absolute atomic E-state index is 12.0. The van der Waals surface area contributed by atoms with Crippen molar-refractivity contribution in [3.05, 3.63) is 0 Å². The number of hydrogen-bond donors (Lipinski definition) is 2. The molecule has 0 aromatic heterocycles. The van der Waals surface area contributed by atoms with E-state index in [1.54, 1.807) is 0 Å². The van der Waals surface area contributed by atoms with Crippen LogP contribution in [0.1, 0.15) is 0 Å². The Morgan fingerprint density at radius 2 is 2.32 bits per heavy atom. The van der Waals surface area contributed by atoms with Gasteiger partial charge in [-0.3, -0.25) is 24.3 Å². The maximum atomic E-state index is 12.0. The van der Waals surface area contributed by atoms with E-state index in [4.69, 9.17) is 22.7 Å². The van der Waals surface area contributed by atoms with E-state index in [-0.39, 0.29) is 24.8 Å². The molecule has 1 aliphatic rings. The molecule has 0 saturated carbocycles. The zero-order chi connectivity index (χ0) is 14.4. The largest absolute Gasteiger partial charge is 0.383 e. The lowest BCUT2D eigenvalue weighted by molar-refractivity contribution is -0.138. The van der Waals surface area contributed by atoms with Crippen molar-refractivity contribution in [2.24, 2.45) is 16.6 Å². The quantitative estimate of drug-likeness (QED) is 0.334. The summed E-state index contributed by atoms with van der Waals surface area (Å²) in [4.78, 5) is 39.1. The number of thiocarbonyl (C=S) groups is 1. The molecule has 8 nitrogen and oxygen atoms in total. The molecule has 3 amide bonds. The topological polar surface area (TPSA) is 114 Å². The molecule has 3 N–H and O–H groups in total. The molecule has 0 radical (unpaired) electrons. The van der Waals surface area contributed by atoms with Gasteiger partial charge in [0.1, 0.15) is 6.54 Å². The standard InChI is InChI=1S/C10H14N4O4S/c1-18-3-2-14-9(17)6(4-12-5-7(11)15)8(16)13-10(14)19/h4,6H,2-3,5H2,1H3,(H2,11,15)(H,13,16,19)/t6-/m1/s1. The number of methoxy groups -OCH3 is 1. The van der Waals surface area contributed by atoms with Gasteiger partial charge in [-0.15, -0.1) is 0 Å². The highest BCUT2D eigenvalue weighted by Crippen LogP contribution is 2.09. The molecule has 9 heteroatoms. The number of hydrogen-bond acceptors (Lipinski definition) is 6. The third-order valence-electron chi connectivity index (χ3n) is 2.31. The number of nitrogens with one attached hydrogen (secondary N) is 1. The van der Waals surface area contributed by atoms with Gasteiger partial charge in [0.05, 0.1) is 13.2 Å². The SMILES string of the molecule is COCCN1C(=O)[C@H](C=NCC(N)=O)C(=O)NC1=S. The van der Waals surface area contributed by atoms with Crippen molar-refractivity contribution in [2.75, 3.05) is 26.8 Å². The third-order valence-corrected chi connectivity index (χ3v) is 2.63. The normalized spacial score (nSPS) is 19.9. The van der Waals surface area contributed by atoms with Crippen LogP contribution in [-0.2, 0) is 19.1 Å². The molecule has 0 aliphatic carbocycles. The second-order valence-corrected chi connectivity index (χ2v) is 4.10. The first-order valence-electron chi connectivity index (χ1n) is 5.40. The minimum atomic E-state index is -1.11. The molecular weight excluding hydrogens is 272 g/mol. The fraction of sp³-hybridized carbons (Fsp3) is 0.500. The van der Waals surface area contributed by atoms with Gasteiger partial charge in [-0.2, -0.15) is 0 Å². The predicted molar refractivity (Wildman–Crippen MR) is 70.4 cm³/mol. The number of carbonyl (C=O) groups excluding carboxylic acids is 3. The van der Waals surface area contributed by atoms with Crippen LogP contribution in [-0.4, -0.2) is 60.8 Å². The first-order chi connectivity index (χ1) is 8.97. The summed E-state index contributed by atoms with van der Waals surface area (Å²) in [5.74, 6) is -2.83. The second-order valence-electron chi connectivity index (χ2n) is 3.71. The van der Waals surface area contributed by atoms with Gasteiger partial charge in [0.15, 0.2) is 11.0 Å². The van der Waals surface area contributed by atoms with E-state index in [1.165, 1.54) is 12.0 Å². The Bertz CT molecular complexity index is 437. The molecule has 1 atom stereocenters. The van der Waals surface area contributed by atoms with Crippen LogP contribution in [0.5, 0.6) is 0 Å². The fourth-order valence-corrected chi connectivity index (χ4v) is 1.69. The van der Waals surface area contributed by atoms with E-state index in [0.29, 0.717) is 0 Å². The molecule has 1 fully saturated rings. The molecule has 0 spiro atoms. The number of nitrogens with zero attached hydrogens (tertiary/aromatic N) is 2. The molecule has 0 bridgehead atoms. The number of rotatable bonds is 6. The van der Waals surface area contributed by atoms with Gasteiger partial charge in [-0.1, -0.05) is 0 Å². The van der Waals surface area contributed by atoms with Crippen LogP contribution in [0.15, 0.2) is 4.99 Å². The van der Waals surface area contributed by atoms with Crippen molar-refractivity contribution < 1.29 is 19.1 Å². The van der Waals surface area contributed by atoms with Crippen molar-refractivity contribution in [1.29, 1.82) is 0 Å². The maximum Gasteiger partial charge on any atom is 0.246 e. The predicted octanol–water partition coefficient (Wildman–Crippen LogP) is -1.95. The summed E-state index contributed by atoms with van der Waals surface area (Å²) in [6, 6.07) is 0. The Hall–Kier alpha value is -1.87. The van der Waals surface area contributed by atoms with E-state index in [1.807, 2.05) is 0 Å². The summed E-state index contributed by atoms with van der Waals surface area (Å²) in [6.07, 6.45) is 1.10. The average molecular weight is 286 g/mol. The van der Waals surface area contributed by atoms with Crippen LogP contribution in [0.4, 0.5) is 0 Å². The van der Waals surface area contributed by atoms with E-state index >= 15 is 0 Å². The number of nitrogens with two attached hydrogens (primary N) is 1. The summed E-state index contributed by atoms with van der Waals surface area (Å²) in [5, 5.41) is 2.43. The summed E-state index contributed by atoms with van der Waals surface area (Å²) >= 11 is 4.90. The highest BCUT2D eigenvalue weighted by molar-refractivity contribution is 7.80. The summed E-state index contributed by atoms with van der Waals surface area (Å²) in [5.41, 5.74) is 4.91.